The molecule has 3 nitrogen and oxygen atoms in total. The second-order valence-electron chi connectivity index (χ2n) is 3.38. The molecule has 1 aromatic carbocycles. The van der Waals surface area contributed by atoms with Crippen molar-refractivity contribution in [3.05, 3.63) is 47.8 Å². The first-order valence-corrected chi connectivity index (χ1v) is 4.74. The number of aromatic nitrogens is 2. The summed E-state index contributed by atoms with van der Waals surface area (Å²) in [5.74, 6) is 0.186. The zero-order chi connectivity index (χ0) is 11.5. The summed E-state index contributed by atoms with van der Waals surface area (Å²) >= 11 is 0. The molecule has 0 unspecified atom stereocenters. The molecule has 2 aromatic rings. The van der Waals surface area contributed by atoms with Gasteiger partial charge in [-0.25, -0.2) is 14.4 Å². The quantitative estimate of drug-likeness (QED) is 0.724. The molecule has 0 aliphatic carbocycles. The maximum absolute atomic E-state index is 13.6. The first-order chi connectivity index (χ1) is 7.70. The Balaban J connectivity index is 2.48. The Morgan fingerprint density at radius 2 is 1.94 bits per heavy atom. The zero-order valence-electron chi connectivity index (χ0n) is 8.64. The van der Waals surface area contributed by atoms with Crippen LogP contribution in [0.2, 0.25) is 0 Å². The van der Waals surface area contributed by atoms with Gasteiger partial charge in [0.05, 0.1) is 0 Å². The van der Waals surface area contributed by atoms with E-state index in [1.54, 1.807) is 31.5 Å². The average molecular weight is 216 g/mol. The van der Waals surface area contributed by atoms with Crippen molar-refractivity contribution in [2.24, 2.45) is 0 Å². The number of halogens is 1. The lowest BCUT2D eigenvalue weighted by Crippen LogP contribution is -1.91. The van der Waals surface area contributed by atoms with Gasteiger partial charge in [0.2, 0.25) is 0 Å². The van der Waals surface area contributed by atoms with E-state index in [2.05, 4.69) is 9.97 Å². The summed E-state index contributed by atoms with van der Waals surface area (Å²) < 4.78 is 13.6. The third-order valence-electron chi connectivity index (χ3n) is 2.22. The van der Waals surface area contributed by atoms with E-state index in [-0.39, 0.29) is 0 Å². The fraction of sp³-hybridized carbons (Fsp3) is 0.0833. The Hall–Kier alpha value is -2.10. The van der Waals surface area contributed by atoms with E-state index in [4.69, 9.17) is 0 Å². The summed E-state index contributed by atoms with van der Waals surface area (Å²) in [5.41, 5.74) is 1.31. The lowest BCUT2D eigenvalue weighted by molar-refractivity contribution is 0.112. The topological polar surface area (TPSA) is 42.9 Å². The molecule has 0 spiro atoms. The van der Waals surface area contributed by atoms with E-state index in [0.717, 1.165) is 0 Å². The number of carbonyl (C=O) groups is 1. The number of rotatable bonds is 2. The molecule has 0 saturated heterocycles. The van der Waals surface area contributed by atoms with Crippen LogP contribution in [0.1, 0.15) is 16.2 Å². The third kappa shape index (κ3) is 1.95. The molecule has 1 heterocycles. The zero-order valence-corrected chi connectivity index (χ0v) is 8.64. The molecule has 2 rings (SSSR count). The van der Waals surface area contributed by atoms with Crippen LogP contribution in [0.25, 0.3) is 11.1 Å². The van der Waals surface area contributed by atoms with Crippen LogP contribution in [0, 0.1) is 12.7 Å². The maximum atomic E-state index is 13.6. The van der Waals surface area contributed by atoms with Crippen LogP contribution in [0.4, 0.5) is 4.39 Å². The fourth-order valence-electron chi connectivity index (χ4n) is 1.37. The van der Waals surface area contributed by atoms with Crippen LogP contribution in [-0.2, 0) is 0 Å². The van der Waals surface area contributed by atoms with Crippen molar-refractivity contribution < 1.29 is 9.18 Å². The molecule has 0 amide bonds. The van der Waals surface area contributed by atoms with Gasteiger partial charge < -0.3 is 0 Å². The first-order valence-electron chi connectivity index (χ1n) is 4.74. The Kier molecular flexibility index (Phi) is 2.72. The van der Waals surface area contributed by atoms with E-state index >= 15 is 0 Å². The molecule has 1 aromatic heterocycles. The van der Waals surface area contributed by atoms with E-state index < -0.39 is 5.82 Å². The third-order valence-corrected chi connectivity index (χ3v) is 2.22. The molecular formula is C12H9FN2O. The van der Waals surface area contributed by atoms with Crippen LogP contribution < -0.4 is 0 Å². The normalized spacial score (nSPS) is 10.1. The second-order valence-corrected chi connectivity index (χ2v) is 3.38. The number of nitrogens with zero attached hydrogens (tertiary/aromatic N) is 2. The fourth-order valence-corrected chi connectivity index (χ4v) is 1.37. The van der Waals surface area contributed by atoms with Gasteiger partial charge in [-0.05, 0) is 13.0 Å². The van der Waals surface area contributed by atoms with Crippen LogP contribution in [-0.4, -0.2) is 16.3 Å². The van der Waals surface area contributed by atoms with Crippen molar-refractivity contribution >= 4 is 6.29 Å². The number of hydrogen-bond acceptors (Lipinski definition) is 3. The van der Waals surface area contributed by atoms with Crippen LogP contribution in [0.3, 0.4) is 0 Å². The molecular weight excluding hydrogens is 207 g/mol. The first kappa shape index (κ1) is 10.4. The number of hydrogen-bond donors (Lipinski definition) is 0. The molecule has 80 valence electrons. The number of aldehydes is 1. The van der Waals surface area contributed by atoms with E-state index in [0.29, 0.717) is 28.8 Å². The standard InChI is InChI=1S/C12H9FN2O/c1-8-14-5-10(6-15-8)11-3-2-9(7-16)4-12(11)13/h2-7H,1H3. The van der Waals surface area contributed by atoms with Crippen LogP contribution >= 0.6 is 0 Å². The SMILES string of the molecule is Cc1ncc(-c2ccc(C=O)cc2F)cn1. The molecule has 0 fully saturated rings. The average Bonchev–Trinajstić information content (AvgIpc) is 2.30. The second kappa shape index (κ2) is 4.18. The molecule has 0 bridgehead atoms. The number of carbonyl (C=O) groups excluding carboxylic acids is 1. The molecule has 0 radical (unpaired) electrons. The van der Waals surface area contributed by atoms with E-state index in [9.17, 15) is 9.18 Å². The summed E-state index contributed by atoms with van der Waals surface area (Å²) in [6.45, 7) is 1.76. The minimum absolute atomic E-state index is 0.314. The van der Waals surface area contributed by atoms with Gasteiger partial charge in [-0.3, -0.25) is 4.79 Å². The van der Waals surface area contributed by atoms with Crippen LogP contribution in [0.5, 0.6) is 0 Å². The lowest BCUT2D eigenvalue weighted by Gasteiger charge is -2.03. The van der Waals surface area contributed by atoms with Gasteiger partial charge in [-0.15, -0.1) is 0 Å². The molecule has 4 heteroatoms. The summed E-state index contributed by atoms with van der Waals surface area (Å²) in [5, 5.41) is 0. The highest BCUT2D eigenvalue weighted by atomic mass is 19.1. The minimum Gasteiger partial charge on any atom is -0.298 e. The molecule has 0 aliphatic heterocycles. The Labute approximate surface area is 92.0 Å². The van der Waals surface area contributed by atoms with E-state index in [1.165, 1.54) is 6.07 Å². The van der Waals surface area contributed by atoms with Crippen molar-refractivity contribution in [1.82, 2.24) is 9.97 Å². The van der Waals surface area contributed by atoms with Gasteiger partial charge in [-0.2, -0.15) is 0 Å². The van der Waals surface area contributed by atoms with E-state index in [1.807, 2.05) is 0 Å². The molecule has 16 heavy (non-hydrogen) atoms. The van der Waals surface area contributed by atoms with Crippen molar-refractivity contribution in [1.29, 1.82) is 0 Å². The smallest absolute Gasteiger partial charge is 0.150 e. The van der Waals surface area contributed by atoms with Crippen molar-refractivity contribution in [2.75, 3.05) is 0 Å². The largest absolute Gasteiger partial charge is 0.298 e. The summed E-state index contributed by atoms with van der Waals surface area (Å²) in [4.78, 5) is 18.4. The molecule has 0 atom stereocenters. The van der Waals surface area contributed by atoms with Crippen LogP contribution in [0.15, 0.2) is 30.6 Å². The van der Waals surface area contributed by atoms with Crippen molar-refractivity contribution in [3.63, 3.8) is 0 Å². The van der Waals surface area contributed by atoms with Crippen molar-refractivity contribution in [2.45, 2.75) is 6.92 Å². The highest BCUT2D eigenvalue weighted by Gasteiger charge is 2.06. The van der Waals surface area contributed by atoms with Gasteiger partial charge in [0.15, 0.2) is 0 Å². The Morgan fingerprint density at radius 3 is 2.50 bits per heavy atom. The Bertz CT molecular complexity index is 523. The minimum atomic E-state index is -0.447. The Morgan fingerprint density at radius 1 is 1.25 bits per heavy atom. The monoisotopic (exact) mass is 216 g/mol. The molecule has 0 aliphatic rings. The van der Waals surface area contributed by atoms with Gasteiger partial charge in [0.25, 0.3) is 0 Å². The molecule has 0 N–H and O–H groups in total. The van der Waals surface area contributed by atoms with Crippen molar-refractivity contribution in [3.8, 4) is 11.1 Å². The highest BCUT2D eigenvalue weighted by molar-refractivity contribution is 5.77. The predicted molar refractivity (Wildman–Crippen MR) is 57.6 cm³/mol. The van der Waals surface area contributed by atoms with Gasteiger partial charge in [0.1, 0.15) is 17.9 Å². The lowest BCUT2D eigenvalue weighted by atomic mass is 10.1. The summed E-state index contributed by atoms with van der Waals surface area (Å²) in [6.07, 6.45) is 3.72. The maximum Gasteiger partial charge on any atom is 0.150 e. The van der Waals surface area contributed by atoms with Gasteiger partial charge >= 0.3 is 0 Å². The predicted octanol–water partition coefficient (Wildman–Crippen LogP) is 2.40. The summed E-state index contributed by atoms with van der Waals surface area (Å²) in [7, 11) is 0. The molecule has 0 saturated carbocycles. The number of aryl methyl sites for hydroxylation is 1. The van der Waals surface area contributed by atoms with Gasteiger partial charge in [0, 0.05) is 29.1 Å². The van der Waals surface area contributed by atoms with Gasteiger partial charge in [-0.1, -0.05) is 12.1 Å². The number of benzene rings is 1. The highest BCUT2D eigenvalue weighted by Crippen LogP contribution is 2.21. The summed E-state index contributed by atoms with van der Waals surface area (Å²) in [6, 6.07) is 4.31.